The van der Waals surface area contributed by atoms with Crippen molar-refractivity contribution in [3.63, 3.8) is 0 Å². The van der Waals surface area contributed by atoms with Crippen molar-refractivity contribution < 1.29 is 13.5 Å². The van der Waals surface area contributed by atoms with Gasteiger partial charge in [0.15, 0.2) is 0 Å². The Morgan fingerprint density at radius 1 is 1.33 bits per heavy atom. The third-order valence-corrected chi connectivity index (χ3v) is 3.97. The van der Waals surface area contributed by atoms with Crippen LogP contribution < -0.4 is 5.14 Å². The van der Waals surface area contributed by atoms with Crippen LogP contribution in [0.3, 0.4) is 0 Å². The summed E-state index contributed by atoms with van der Waals surface area (Å²) in [5, 5.41) is 13.7. The van der Waals surface area contributed by atoms with E-state index in [9.17, 15) is 8.42 Å². The van der Waals surface area contributed by atoms with Crippen molar-refractivity contribution in [2.75, 3.05) is 12.4 Å². The molecular formula is C9H13NO3S2. The molecule has 0 saturated carbocycles. The summed E-state index contributed by atoms with van der Waals surface area (Å²) in [7, 11) is -3.65. The Kier molecular flexibility index (Phi) is 4.59. The minimum Gasteiger partial charge on any atom is -0.396 e. The van der Waals surface area contributed by atoms with Crippen LogP contribution in [0.5, 0.6) is 0 Å². The molecule has 15 heavy (non-hydrogen) atoms. The van der Waals surface area contributed by atoms with Gasteiger partial charge in [-0.15, -0.1) is 11.8 Å². The van der Waals surface area contributed by atoms with E-state index in [4.69, 9.17) is 10.2 Å². The summed E-state index contributed by atoms with van der Waals surface area (Å²) in [4.78, 5) is 0.779. The highest BCUT2D eigenvalue weighted by Crippen LogP contribution is 2.25. The van der Waals surface area contributed by atoms with E-state index in [0.29, 0.717) is 17.1 Å². The molecule has 4 nitrogen and oxygen atoms in total. The van der Waals surface area contributed by atoms with Gasteiger partial charge in [0.1, 0.15) is 0 Å². The van der Waals surface area contributed by atoms with Crippen LogP contribution in [-0.4, -0.2) is 25.9 Å². The van der Waals surface area contributed by atoms with Crippen LogP contribution in [0.25, 0.3) is 0 Å². The quantitative estimate of drug-likeness (QED) is 0.596. The number of sulfonamides is 1. The predicted molar refractivity (Wildman–Crippen MR) is 60.2 cm³/mol. The predicted octanol–water partition coefficient (Wildman–Crippen LogP) is 0.808. The van der Waals surface area contributed by atoms with Crippen molar-refractivity contribution in [3.05, 3.63) is 24.3 Å². The van der Waals surface area contributed by atoms with E-state index < -0.39 is 10.0 Å². The maximum absolute atomic E-state index is 11.2. The second-order valence-electron chi connectivity index (χ2n) is 2.92. The first kappa shape index (κ1) is 12.5. The second kappa shape index (κ2) is 5.50. The molecule has 0 aliphatic carbocycles. The monoisotopic (exact) mass is 247 g/mol. The number of thioether (sulfide) groups is 1. The summed E-state index contributed by atoms with van der Waals surface area (Å²) in [6.07, 6.45) is 0.629. The topological polar surface area (TPSA) is 80.4 Å². The normalized spacial score (nSPS) is 11.6. The van der Waals surface area contributed by atoms with Crippen molar-refractivity contribution in [2.24, 2.45) is 5.14 Å². The van der Waals surface area contributed by atoms with Crippen molar-refractivity contribution in [2.45, 2.75) is 16.2 Å². The maximum Gasteiger partial charge on any atom is 0.239 e. The molecule has 3 N–H and O–H groups in total. The van der Waals surface area contributed by atoms with Crippen LogP contribution >= 0.6 is 11.8 Å². The van der Waals surface area contributed by atoms with Crippen molar-refractivity contribution >= 4 is 21.8 Å². The zero-order valence-corrected chi connectivity index (χ0v) is 9.72. The number of hydrogen-bond acceptors (Lipinski definition) is 4. The first-order chi connectivity index (χ1) is 7.05. The zero-order chi connectivity index (χ0) is 11.3. The van der Waals surface area contributed by atoms with Gasteiger partial charge in [-0.2, -0.15) is 0 Å². The van der Waals surface area contributed by atoms with Crippen LogP contribution in [-0.2, 0) is 10.0 Å². The van der Waals surface area contributed by atoms with E-state index in [2.05, 4.69) is 0 Å². The minimum atomic E-state index is -3.65. The summed E-state index contributed by atoms with van der Waals surface area (Å²) in [6.45, 7) is 0.102. The van der Waals surface area contributed by atoms with Crippen LogP contribution in [0.4, 0.5) is 0 Å². The summed E-state index contributed by atoms with van der Waals surface area (Å²) < 4.78 is 22.4. The Bertz CT molecular complexity index is 417. The molecule has 0 saturated heterocycles. The van der Waals surface area contributed by atoms with E-state index in [1.54, 1.807) is 18.2 Å². The molecule has 6 heteroatoms. The number of hydrogen-bond donors (Lipinski definition) is 2. The van der Waals surface area contributed by atoms with Crippen LogP contribution in [0.15, 0.2) is 34.1 Å². The molecule has 0 amide bonds. The number of aliphatic hydroxyl groups is 1. The highest BCUT2D eigenvalue weighted by atomic mass is 32.2. The standard InChI is InChI=1S/C9H13NO3S2/c10-15(12,13)9-5-2-1-4-8(9)14-7-3-6-11/h1-2,4-5,11H,3,6-7H2,(H2,10,12,13). The smallest absolute Gasteiger partial charge is 0.239 e. The highest BCUT2D eigenvalue weighted by Gasteiger charge is 2.12. The lowest BCUT2D eigenvalue weighted by Crippen LogP contribution is -2.13. The molecule has 0 fully saturated rings. The summed E-state index contributed by atoms with van der Waals surface area (Å²) in [5.74, 6) is 0.670. The molecule has 84 valence electrons. The first-order valence-electron chi connectivity index (χ1n) is 4.41. The highest BCUT2D eigenvalue weighted by molar-refractivity contribution is 8.00. The third kappa shape index (κ3) is 3.83. The lowest BCUT2D eigenvalue weighted by atomic mass is 10.4. The van der Waals surface area contributed by atoms with Gasteiger partial charge in [0.05, 0.1) is 4.90 Å². The van der Waals surface area contributed by atoms with Crippen molar-refractivity contribution in [1.82, 2.24) is 0 Å². The van der Waals surface area contributed by atoms with Gasteiger partial charge >= 0.3 is 0 Å². The van der Waals surface area contributed by atoms with Gasteiger partial charge in [0.2, 0.25) is 10.0 Å². The molecule has 0 atom stereocenters. The van der Waals surface area contributed by atoms with Gasteiger partial charge < -0.3 is 5.11 Å². The average Bonchev–Trinajstić information content (AvgIpc) is 2.17. The van der Waals surface area contributed by atoms with Gasteiger partial charge in [0, 0.05) is 17.3 Å². The largest absolute Gasteiger partial charge is 0.396 e. The van der Waals surface area contributed by atoms with Gasteiger partial charge in [-0.3, -0.25) is 0 Å². The van der Waals surface area contributed by atoms with Gasteiger partial charge in [-0.05, 0) is 18.6 Å². The lowest BCUT2D eigenvalue weighted by molar-refractivity contribution is 0.296. The molecule has 1 aromatic rings. The van der Waals surface area contributed by atoms with Crippen LogP contribution in [0, 0.1) is 0 Å². The first-order valence-corrected chi connectivity index (χ1v) is 6.94. The summed E-state index contributed by atoms with van der Waals surface area (Å²) in [6, 6.07) is 6.59. The van der Waals surface area contributed by atoms with E-state index in [0.717, 1.165) is 0 Å². The molecule has 0 unspecified atom stereocenters. The molecule has 0 aliphatic rings. The van der Waals surface area contributed by atoms with Gasteiger partial charge in [-0.25, -0.2) is 13.6 Å². The fourth-order valence-electron chi connectivity index (χ4n) is 1.05. The Hall–Kier alpha value is -0.560. The van der Waals surface area contributed by atoms with Crippen molar-refractivity contribution in [3.8, 4) is 0 Å². The molecule has 0 spiro atoms. The Labute approximate surface area is 93.5 Å². The molecular weight excluding hydrogens is 234 g/mol. The number of benzene rings is 1. The van der Waals surface area contributed by atoms with Crippen LogP contribution in [0.2, 0.25) is 0 Å². The van der Waals surface area contributed by atoms with E-state index in [1.807, 2.05) is 0 Å². The van der Waals surface area contributed by atoms with Gasteiger partial charge in [0.25, 0.3) is 0 Å². The molecule has 0 bridgehead atoms. The molecule has 0 aromatic heterocycles. The minimum absolute atomic E-state index is 0.102. The Morgan fingerprint density at radius 2 is 2.00 bits per heavy atom. The Morgan fingerprint density at radius 3 is 2.60 bits per heavy atom. The maximum atomic E-state index is 11.2. The fraction of sp³-hybridized carbons (Fsp3) is 0.333. The van der Waals surface area contributed by atoms with E-state index in [-0.39, 0.29) is 11.5 Å². The number of nitrogens with two attached hydrogens (primary N) is 1. The second-order valence-corrected chi connectivity index (χ2v) is 5.58. The van der Waals surface area contributed by atoms with E-state index >= 15 is 0 Å². The zero-order valence-electron chi connectivity index (χ0n) is 8.09. The molecule has 1 rings (SSSR count). The van der Waals surface area contributed by atoms with Gasteiger partial charge in [-0.1, -0.05) is 12.1 Å². The van der Waals surface area contributed by atoms with Crippen molar-refractivity contribution in [1.29, 1.82) is 0 Å². The number of aliphatic hydroxyl groups excluding tert-OH is 1. The molecule has 0 radical (unpaired) electrons. The lowest BCUT2D eigenvalue weighted by Gasteiger charge is -2.05. The number of primary sulfonamides is 1. The fourth-order valence-corrected chi connectivity index (χ4v) is 3.07. The molecule has 1 aromatic carbocycles. The van der Waals surface area contributed by atoms with E-state index in [1.165, 1.54) is 17.8 Å². The van der Waals surface area contributed by atoms with Crippen LogP contribution in [0.1, 0.15) is 6.42 Å². The Balaban J connectivity index is 2.88. The molecule has 0 heterocycles. The molecule has 0 aliphatic heterocycles. The summed E-state index contributed by atoms with van der Waals surface area (Å²) >= 11 is 1.38. The summed E-state index contributed by atoms with van der Waals surface area (Å²) in [5.41, 5.74) is 0. The number of rotatable bonds is 5. The average molecular weight is 247 g/mol. The SMILES string of the molecule is NS(=O)(=O)c1ccccc1SCCCO. The third-order valence-electron chi connectivity index (χ3n) is 1.72.